The summed E-state index contributed by atoms with van der Waals surface area (Å²) in [6, 6.07) is 2.70. The first-order valence-electron chi connectivity index (χ1n) is 9.34. The molecule has 2 N–H and O–H groups in total. The van der Waals surface area contributed by atoms with Gasteiger partial charge in [-0.1, -0.05) is 31.4 Å². The van der Waals surface area contributed by atoms with Crippen molar-refractivity contribution >= 4 is 51.1 Å². The van der Waals surface area contributed by atoms with E-state index in [2.05, 4.69) is 26.6 Å². The topological polar surface area (TPSA) is 87.7 Å². The number of benzene rings is 1. The fourth-order valence-corrected chi connectivity index (χ4v) is 4.84. The van der Waals surface area contributed by atoms with Crippen molar-refractivity contribution < 1.29 is 19.1 Å². The van der Waals surface area contributed by atoms with Crippen molar-refractivity contribution in [3.8, 4) is 5.75 Å². The molecular formula is C19H23BrClN3O4. The first-order valence-corrected chi connectivity index (χ1v) is 10.5. The summed E-state index contributed by atoms with van der Waals surface area (Å²) in [6.45, 7) is 3.83. The minimum atomic E-state index is -0.884. The number of hydrogen-bond donors (Lipinski definition) is 2. The Morgan fingerprint density at radius 3 is 2.86 bits per heavy atom. The number of anilines is 1. The first-order chi connectivity index (χ1) is 13.3. The molecule has 1 saturated heterocycles. The normalized spacial score (nSPS) is 24.4. The minimum absolute atomic E-state index is 0.0409. The largest absolute Gasteiger partial charge is 0.491 e. The number of halogens is 2. The molecule has 0 aromatic heterocycles. The molecule has 4 amide bonds. The Hall–Kier alpha value is -1.80. The molecule has 1 aliphatic heterocycles. The van der Waals surface area contributed by atoms with E-state index < -0.39 is 17.5 Å². The molecular weight excluding hydrogens is 450 g/mol. The number of ether oxygens (including phenoxy) is 1. The van der Waals surface area contributed by atoms with Crippen molar-refractivity contribution in [1.29, 1.82) is 0 Å². The van der Waals surface area contributed by atoms with Crippen LogP contribution < -0.4 is 15.4 Å². The Bertz CT molecular complexity index is 819. The molecule has 1 aliphatic carbocycles. The number of nitrogens with one attached hydrogen (secondary N) is 2. The third kappa shape index (κ3) is 3.85. The van der Waals surface area contributed by atoms with E-state index in [1.54, 1.807) is 12.1 Å². The number of imide groups is 1. The second kappa shape index (κ2) is 8.29. The Balaban J connectivity index is 1.75. The van der Waals surface area contributed by atoms with Crippen LogP contribution in [0.4, 0.5) is 10.5 Å². The van der Waals surface area contributed by atoms with Crippen LogP contribution in [-0.2, 0) is 9.59 Å². The highest BCUT2D eigenvalue weighted by Gasteiger charge is 2.55. The van der Waals surface area contributed by atoms with Crippen LogP contribution in [0.25, 0.3) is 0 Å². The van der Waals surface area contributed by atoms with Crippen LogP contribution in [0.3, 0.4) is 0 Å². The summed E-state index contributed by atoms with van der Waals surface area (Å²) in [5.41, 5.74) is -0.510. The fraction of sp³-hybridized carbons (Fsp3) is 0.526. The summed E-state index contributed by atoms with van der Waals surface area (Å²) in [5, 5.41) is 5.95. The van der Waals surface area contributed by atoms with Gasteiger partial charge in [-0.2, -0.15) is 0 Å². The van der Waals surface area contributed by atoms with Crippen molar-refractivity contribution in [2.24, 2.45) is 5.92 Å². The van der Waals surface area contributed by atoms with E-state index in [1.807, 2.05) is 13.8 Å². The second-order valence-electron chi connectivity index (χ2n) is 7.19. The van der Waals surface area contributed by atoms with Gasteiger partial charge in [-0.3, -0.25) is 14.5 Å². The number of carbonyl (C=O) groups is 3. The van der Waals surface area contributed by atoms with Gasteiger partial charge >= 0.3 is 6.03 Å². The van der Waals surface area contributed by atoms with Gasteiger partial charge in [0.25, 0.3) is 5.91 Å². The number of amides is 4. The summed E-state index contributed by atoms with van der Waals surface area (Å²) in [5.74, 6) is -0.342. The molecule has 2 fully saturated rings. The summed E-state index contributed by atoms with van der Waals surface area (Å²) in [7, 11) is 0. The zero-order valence-electron chi connectivity index (χ0n) is 15.8. The monoisotopic (exact) mass is 471 g/mol. The molecule has 3 rings (SSSR count). The van der Waals surface area contributed by atoms with E-state index >= 15 is 0 Å². The lowest BCUT2D eigenvalue weighted by atomic mass is 9.73. The number of carbonyl (C=O) groups excluding carboxylic acids is 3. The molecule has 1 aromatic carbocycles. The number of rotatable bonds is 5. The molecule has 0 radical (unpaired) electrons. The Kier molecular flexibility index (Phi) is 6.19. The van der Waals surface area contributed by atoms with Gasteiger partial charge in [0, 0.05) is 5.02 Å². The highest BCUT2D eigenvalue weighted by molar-refractivity contribution is 9.10. The lowest BCUT2D eigenvalue weighted by molar-refractivity contribution is -0.136. The molecule has 1 aromatic rings. The third-order valence-electron chi connectivity index (χ3n) is 5.37. The summed E-state index contributed by atoms with van der Waals surface area (Å²) < 4.78 is 6.16. The fourth-order valence-electron chi connectivity index (χ4n) is 3.92. The molecule has 28 heavy (non-hydrogen) atoms. The highest BCUT2D eigenvalue weighted by atomic mass is 79.9. The standard InChI is InChI=1S/C19H23BrClN3O4/c1-3-28-16-13(20)8-12(21)9-14(16)22-15(25)10-24-17(26)19(23-18(24)27)7-5-4-6-11(19)2/h8-9,11H,3-7,10H2,1-2H3,(H,22,25)(H,23,27). The van der Waals surface area contributed by atoms with Gasteiger partial charge in [0.1, 0.15) is 12.1 Å². The maximum Gasteiger partial charge on any atom is 0.325 e. The van der Waals surface area contributed by atoms with Crippen LogP contribution in [0.2, 0.25) is 5.02 Å². The quantitative estimate of drug-likeness (QED) is 0.635. The number of hydrogen-bond acceptors (Lipinski definition) is 4. The average Bonchev–Trinajstić information content (AvgIpc) is 2.85. The van der Waals surface area contributed by atoms with E-state index in [0.717, 1.165) is 24.2 Å². The van der Waals surface area contributed by atoms with Crippen LogP contribution in [0, 0.1) is 5.92 Å². The van der Waals surface area contributed by atoms with Gasteiger partial charge in [0.05, 0.1) is 16.8 Å². The first kappa shape index (κ1) is 20.9. The molecule has 1 saturated carbocycles. The summed E-state index contributed by atoms with van der Waals surface area (Å²) in [6.07, 6.45) is 3.40. The number of urea groups is 1. The zero-order chi connectivity index (χ0) is 20.5. The Morgan fingerprint density at radius 2 is 2.18 bits per heavy atom. The van der Waals surface area contributed by atoms with E-state index in [9.17, 15) is 14.4 Å². The van der Waals surface area contributed by atoms with Gasteiger partial charge < -0.3 is 15.4 Å². The van der Waals surface area contributed by atoms with Crippen LogP contribution in [0.15, 0.2) is 16.6 Å². The van der Waals surface area contributed by atoms with E-state index in [4.69, 9.17) is 16.3 Å². The van der Waals surface area contributed by atoms with Crippen LogP contribution in [-0.4, -0.2) is 41.4 Å². The van der Waals surface area contributed by atoms with Crippen LogP contribution in [0.5, 0.6) is 5.75 Å². The molecule has 1 spiro atoms. The molecule has 2 atom stereocenters. The van der Waals surface area contributed by atoms with Crippen molar-refractivity contribution in [2.45, 2.75) is 45.1 Å². The maximum absolute atomic E-state index is 13.0. The van der Waals surface area contributed by atoms with E-state index in [-0.39, 0.29) is 18.4 Å². The van der Waals surface area contributed by atoms with Crippen LogP contribution >= 0.6 is 27.5 Å². The molecule has 9 heteroatoms. The van der Waals surface area contributed by atoms with Gasteiger partial charge in [0.15, 0.2) is 5.75 Å². The lowest BCUT2D eigenvalue weighted by Gasteiger charge is -2.36. The zero-order valence-corrected chi connectivity index (χ0v) is 18.2. The van der Waals surface area contributed by atoms with Crippen molar-refractivity contribution in [3.63, 3.8) is 0 Å². The Morgan fingerprint density at radius 1 is 1.43 bits per heavy atom. The summed E-state index contributed by atoms with van der Waals surface area (Å²) >= 11 is 9.43. The van der Waals surface area contributed by atoms with E-state index in [1.165, 1.54) is 0 Å². The average molecular weight is 473 g/mol. The molecule has 2 aliphatic rings. The van der Waals surface area contributed by atoms with Crippen molar-refractivity contribution in [2.75, 3.05) is 18.5 Å². The third-order valence-corrected chi connectivity index (χ3v) is 6.18. The van der Waals surface area contributed by atoms with Gasteiger partial charge in [0.2, 0.25) is 5.91 Å². The predicted molar refractivity (Wildman–Crippen MR) is 110 cm³/mol. The summed E-state index contributed by atoms with van der Waals surface area (Å²) in [4.78, 5) is 39.0. The van der Waals surface area contributed by atoms with Gasteiger partial charge in [-0.15, -0.1) is 0 Å². The Labute approximate surface area is 177 Å². The molecule has 7 nitrogen and oxygen atoms in total. The van der Waals surface area contributed by atoms with Gasteiger partial charge in [-0.05, 0) is 53.7 Å². The van der Waals surface area contributed by atoms with Crippen molar-refractivity contribution in [1.82, 2.24) is 10.2 Å². The van der Waals surface area contributed by atoms with Gasteiger partial charge in [-0.25, -0.2) is 4.79 Å². The SMILES string of the molecule is CCOc1c(Br)cc(Cl)cc1NC(=O)CN1C(=O)NC2(CCCCC2C)C1=O. The van der Waals surface area contributed by atoms with Crippen molar-refractivity contribution in [3.05, 3.63) is 21.6 Å². The lowest BCUT2D eigenvalue weighted by Crippen LogP contribution is -2.54. The minimum Gasteiger partial charge on any atom is -0.491 e. The number of nitrogens with zero attached hydrogens (tertiary/aromatic N) is 1. The molecule has 152 valence electrons. The van der Waals surface area contributed by atoms with Crippen LogP contribution in [0.1, 0.15) is 39.5 Å². The molecule has 2 unspecified atom stereocenters. The predicted octanol–water partition coefficient (Wildman–Crippen LogP) is 3.94. The smallest absolute Gasteiger partial charge is 0.325 e. The highest BCUT2D eigenvalue weighted by Crippen LogP contribution is 2.39. The molecule has 0 bridgehead atoms. The second-order valence-corrected chi connectivity index (χ2v) is 8.48. The molecule has 1 heterocycles. The maximum atomic E-state index is 13.0. The van der Waals surface area contributed by atoms with E-state index in [0.29, 0.717) is 34.0 Å².